The molecule has 0 unspecified atom stereocenters. The first-order valence-electron chi connectivity index (χ1n) is 5.38. The van der Waals surface area contributed by atoms with Crippen LogP contribution in [0.15, 0.2) is 6.20 Å². The lowest BCUT2D eigenvalue weighted by atomic mass is 10.2. The number of aromatic nitrogens is 2. The SMILES string of the molecule is COCCn1ncc(CNC(C)C)c1C. The number of rotatable bonds is 6. The monoisotopic (exact) mass is 211 g/mol. The number of methoxy groups -OCH3 is 1. The van der Waals surface area contributed by atoms with Gasteiger partial charge in [0.15, 0.2) is 0 Å². The summed E-state index contributed by atoms with van der Waals surface area (Å²) in [7, 11) is 1.71. The minimum atomic E-state index is 0.506. The molecule has 0 aromatic carbocycles. The van der Waals surface area contributed by atoms with Crippen LogP contribution in [-0.4, -0.2) is 29.5 Å². The average Bonchev–Trinajstić information content (AvgIpc) is 2.54. The van der Waals surface area contributed by atoms with Crippen LogP contribution in [0, 0.1) is 6.92 Å². The van der Waals surface area contributed by atoms with E-state index in [0.717, 1.165) is 13.1 Å². The minimum absolute atomic E-state index is 0.506. The van der Waals surface area contributed by atoms with E-state index < -0.39 is 0 Å². The van der Waals surface area contributed by atoms with Gasteiger partial charge in [-0.3, -0.25) is 4.68 Å². The first kappa shape index (κ1) is 12.2. The number of nitrogens with zero attached hydrogens (tertiary/aromatic N) is 2. The third-order valence-electron chi connectivity index (χ3n) is 2.41. The second-order valence-corrected chi connectivity index (χ2v) is 4.01. The molecule has 1 aromatic rings. The predicted molar refractivity (Wildman–Crippen MR) is 60.8 cm³/mol. The van der Waals surface area contributed by atoms with E-state index in [1.165, 1.54) is 11.3 Å². The van der Waals surface area contributed by atoms with E-state index in [9.17, 15) is 0 Å². The summed E-state index contributed by atoms with van der Waals surface area (Å²) in [5.74, 6) is 0. The minimum Gasteiger partial charge on any atom is -0.383 e. The van der Waals surface area contributed by atoms with Crippen LogP contribution in [0.1, 0.15) is 25.1 Å². The van der Waals surface area contributed by atoms with E-state index in [1.54, 1.807) is 7.11 Å². The topological polar surface area (TPSA) is 39.1 Å². The maximum Gasteiger partial charge on any atom is 0.0658 e. The van der Waals surface area contributed by atoms with Crippen molar-refractivity contribution in [3.63, 3.8) is 0 Å². The summed E-state index contributed by atoms with van der Waals surface area (Å²) < 4.78 is 7.02. The zero-order chi connectivity index (χ0) is 11.3. The Kier molecular flexibility index (Phi) is 4.78. The Balaban J connectivity index is 2.54. The molecule has 0 spiro atoms. The van der Waals surface area contributed by atoms with Crippen molar-refractivity contribution in [3.8, 4) is 0 Å². The third kappa shape index (κ3) is 3.64. The zero-order valence-corrected chi connectivity index (χ0v) is 10.1. The van der Waals surface area contributed by atoms with Crippen LogP contribution in [-0.2, 0) is 17.8 Å². The zero-order valence-electron chi connectivity index (χ0n) is 10.1. The molecule has 1 rings (SSSR count). The molecule has 0 radical (unpaired) electrons. The Bertz CT molecular complexity index is 294. The van der Waals surface area contributed by atoms with Crippen molar-refractivity contribution in [2.24, 2.45) is 0 Å². The van der Waals surface area contributed by atoms with Crippen molar-refractivity contribution in [1.82, 2.24) is 15.1 Å². The van der Waals surface area contributed by atoms with Crippen LogP contribution in [0.5, 0.6) is 0 Å². The van der Waals surface area contributed by atoms with Crippen LogP contribution >= 0.6 is 0 Å². The molecule has 0 saturated carbocycles. The van der Waals surface area contributed by atoms with Crippen molar-refractivity contribution in [2.75, 3.05) is 13.7 Å². The lowest BCUT2D eigenvalue weighted by Crippen LogP contribution is -2.22. The highest BCUT2D eigenvalue weighted by molar-refractivity contribution is 5.15. The van der Waals surface area contributed by atoms with Crippen LogP contribution in [0.25, 0.3) is 0 Å². The Hall–Kier alpha value is -0.870. The highest BCUT2D eigenvalue weighted by Gasteiger charge is 2.05. The van der Waals surface area contributed by atoms with E-state index in [2.05, 4.69) is 31.2 Å². The van der Waals surface area contributed by atoms with Gasteiger partial charge < -0.3 is 10.1 Å². The molecule has 1 N–H and O–H groups in total. The number of ether oxygens (including phenoxy) is 1. The molecule has 4 heteroatoms. The fraction of sp³-hybridized carbons (Fsp3) is 0.727. The molecular weight excluding hydrogens is 190 g/mol. The van der Waals surface area contributed by atoms with Gasteiger partial charge >= 0.3 is 0 Å². The molecule has 0 aliphatic heterocycles. The Morgan fingerprint density at radius 3 is 2.87 bits per heavy atom. The van der Waals surface area contributed by atoms with Gasteiger partial charge in [-0.2, -0.15) is 5.10 Å². The predicted octanol–water partition coefficient (Wildman–Crippen LogP) is 1.34. The average molecular weight is 211 g/mol. The third-order valence-corrected chi connectivity index (χ3v) is 2.41. The van der Waals surface area contributed by atoms with Gasteiger partial charge in [0.05, 0.1) is 19.3 Å². The molecule has 1 aromatic heterocycles. The number of hydrogen-bond acceptors (Lipinski definition) is 3. The van der Waals surface area contributed by atoms with Gasteiger partial charge in [0, 0.05) is 31.0 Å². The maximum atomic E-state index is 5.03. The van der Waals surface area contributed by atoms with E-state index in [-0.39, 0.29) is 0 Å². The molecular formula is C11H21N3O. The first-order valence-corrected chi connectivity index (χ1v) is 5.38. The molecule has 0 aliphatic carbocycles. The summed E-state index contributed by atoms with van der Waals surface area (Å²) in [6.07, 6.45) is 1.93. The summed E-state index contributed by atoms with van der Waals surface area (Å²) in [4.78, 5) is 0. The van der Waals surface area contributed by atoms with Crippen LogP contribution in [0.4, 0.5) is 0 Å². The summed E-state index contributed by atoms with van der Waals surface area (Å²) in [6, 6.07) is 0.506. The summed E-state index contributed by atoms with van der Waals surface area (Å²) in [5, 5.41) is 7.72. The molecule has 0 aliphatic rings. The number of nitrogens with one attached hydrogen (secondary N) is 1. The first-order chi connectivity index (χ1) is 7.15. The highest BCUT2D eigenvalue weighted by Crippen LogP contribution is 2.06. The Labute approximate surface area is 91.6 Å². The smallest absolute Gasteiger partial charge is 0.0658 e. The van der Waals surface area contributed by atoms with E-state index in [4.69, 9.17) is 4.74 Å². The summed E-state index contributed by atoms with van der Waals surface area (Å²) in [5.41, 5.74) is 2.49. The molecule has 0 fully saturated rings. The van der Waals surface area contributed by atoms with E-state index >= 15 is 0 Å². The Morgan fingerprint density at radius 2 is 2.27 bits per heavy atom. The lowest BCUT2D eigenvalue weighted by Gasteiger charge is -2.08. The van der Waals surface area contributed by atoms with E-state index in [1.807, 2.05) is 10.9 Å². The molecule has 86 valence electrons. The van der Waals surface area contributed by atoms with Crippen molar-refractivity contribution in [2.45, 2.75) is 39.9 Å². The van der Waals surface area contributed by atoms with Crippen LogP contribution in [0.3, 0.4) is 0 Å². The van der Waals surface area contributed by atoms with E-state index in [0.29, 0.717) is 12.6 Å². The van der Waals surface area contributed by atoms with Gasteiger partial charge in [0.25, 0.3) is 0 Å². The van der Waals surface area contributed by atoms with Crippen molar-refractivity contribution in [3.05, 3.63) is 17.5 Å². The highest BCUT2D eigenvalue weighted by atomic mass is 16.5. The summed E-state index contributed by atoms with van der Waals surface area (Å²) in [6.45, 7) is 8.80. The molecule has 0 amide bonds. The fourth-order valence-corrected chi connectivity index (χ4v) is 1.38. The second kappa shape index (κ2) is 5.88. The van der Waals surface area contributed by atoms with Gasteiger partial charge in [-0.1, -0.05) is 13.8 Å². The molecule has 0 saturated heterocycles. The molecule has 4 nitrogen and oxygen atoms in total. The lowest BCUT2D eigenvalue weighted by molar-refractivity contribution is 0.183. The Morgan fingerprint density at radius 1 is 1.53 bits per heavy atom. The van der Waals surface area contributed by atoms with Gasteiger partial charge in [-0.25, -0.2) is 0 Å². The quantitative estimate of drug-likeness (QED) is 0.771. The molecule has 1 heterocycles. The van der Waals surface area contributed by atoms with Gasteiger partial charge in [-0.05, 0) is 6.92 Å². The van der Waals surface area contributed by atoms with Crippen LogP contribution < -0.4 is 5.32 Å². The second-order valence-electron chi connectivity index (χ2n) is 4.01. The fourth-order valence-electron chi connectivity index (χ4n) is 1.38. The molecule has 0 bridgehead atoms. The van der Waals surface area contributed by atoms with Crippen LogP contribution in [0.2, 0.25) is 0 Å². The largest absolute Gasteiger partial charge is 0.383 e. The maximum absolute atomic E-state index is 5.03. The van der Waals surface area contributed by atoms with Gasteiger partial charge in [0.2, 0.25) is 0 Å². The van der Waals surface area contributed by atoms with Crippen molar-refractivity contribution < 1.29 is 4.74 Å². The summed E-state index contributed by atoms with van der Waals surface area (Å²) >= 11 is 0. The van der Waals surface area contributed by atoms with Crippen molar-refractivity contribution in [1.29, 1.82) is 0 Å². The normalized spacial score (nSPS) is 11.3. The number of hydrogen-bond donors (Lipinski definition) is 1. The van der Waals surface area contributed by atoms with Gasteiger partial charge in [0.1, 0.15) is 0 Å². The van der Waals surface area contributed by atoms with Gasteiger partial charge in [-0.15, -0.1) is 0 Å². The standard InChI is InChI=1S/C11H21N3O/c1-9(2)12-7-11-8-13-14(10(11)3)5-6-15-4/h8-9,12H,5-7H2,1-4H3. The van der Waals surface area contributed by atoms with Crippen molar-refractivity contribution >= 4 is 0 Å². The molecule has 15 heavy (non-hydrogen) atoms. The molecule has 0 atom stereocenters.